The molecule has 9 heteroatoms. The summed E-state index contributed by atoms with van der Waals surface area (Å²) in [7, 11) is 0. The predicted octanol–water partition coefficient (Wildman–Crippen LogP) is 5.01. The number of thiazole rings is 1. The lowest BCUT2D eigenvalue weighted by molar-refractivity contribution is -0.154. The van der Waals surface area contributed by atoms with E-state index in [0.717, 1.165) is 21.8 Å². The van der Waals surface area contributed by atoms with Gasteiger partial charge in [0.05, 0.1) is 40.8 Å². The molecule has 1 aromatic rings. The Hall–Kier alpha value is -1.91. The number of cyclic esters (lactones) is 1. The minimum absolute atomic E-state index is 0.271. The summed E-state index contributed by atoms with van der Waals surface area (Å²) >= 11 is 1.54. The van der Waals surface area contributed by atoms with E-state index < -0.39 is 41.4 Å². The summed E-state index contributed by atoms with van der Waals surface area (Å²) in [5.41, 5.74) is 1.28. The van der Waals surface area contributed by atoms with Crippen molar-refractivity contribution in [3.05, 3.63) is 33.3 Å². The van der Waals surface area contributed by atoms with Crippen molar-refractivity contribution in [3.8, 4) is 0 Å². The highest BCUT2D eigenvalue weighted by Gasteiger charge is 2.46. The van der Waals surface area contributed by atoms with E-state index >= 15 is 0 Å². The Bertz CT molecular complexity index is 1100. The Kier molecular flexibility index (Phi) is 9.98. The fraction of sp³-hybridized carbons (Fsp3) is 0.700. The van der Waals surface area contributed by atoms with E-state index in [-0.39, 0.29) is 30.3 Å². The summed E-state index contributed by atoms with van der Waals surface area (Å²) in [6.07, 6.45) is 0.951. The Morgan fingerprint density at radius 2 is 1.79 bits per heavy atom. The average molecular weight is 564 g/mol. The zero-order valence-corrected chi connectivity index (χ0v) is 25.5. The van der Waals surface area contributed by atoms with Gasteiger partial charge >= 0.3 is 5.97 Å². The van der Waals surface area contributed by atoms with Gasteiger partial charge in [0.2, 0.25) is 0 Å². The maximum absolute atomic E-state index is 13.4. The maximum atomic E-state index is 13.4. The molecule has 3 rings (SSSR count). The van der Waals surface area contributed by atoms with Gasteiger partial charge in [-0.25, -0.2) is 4.98 Å². The standard InChI is InChI=1S/C30H45NO7S/c1-16-10-11-22(17(2)12-21-15-39-20(5)31-21)36-25(33)14-24(32)29(6,7)28(35)19(4)26(34)18(3)13-23-27(16)38-30(8,9)37-23/h10,12,15,18-19,22-24,26-27,32,34H,11,13-14H2,1-9H3/t18-,19+,22-,23?,24-,26-,27?/m0/s1. The number of ether oxygens (including phenoxy) is 3. The van der Waals surface area contributed by atoms with Gasteiger partial charge in [-0.05, 0) is 64.2 Å². The van der Waals surface area contributed by atoms with Crippen molar-refractivity contribution in [2.45, 2.75) is 118 Å². The predicted molar refractivity (Wildman–Crippen MR) is 151 cm³/mol. The van der Waals surface area contributed by atoms with Crippen molar-refractivity contribution in [2.75, 3.05) is 0 Å². The number of hydrogen-bond acceptors (Lipinski definition) is 9. The fourth-order valence-electron chi connectivity index (χ4n) is 5.43. The number of ketones is 1. The molecular formula is C30H45NO7S. The minimum atomic E-state index is -1.27. The summed E-state index contributed by atoms with van der Waals surface area (Å²) in [5, 5.41) is 25.0. The molecule has 1 aromatic heterocycles. The van der Waals surface area contributed by atoms with Crippen molar-refractivity contribution in [1.82, 2.24) is 4.98 Å². The van der Waals surface area contributed by atoms with Crippen LogP contribution < -0.4 is 0 Å². The van der Waals surface area contributed by atoms with Crippen molar-refractivity contribution in [3.63, 3.8) is 0 Å². The number of aliphatic hydroxyl groups excluding tert-OH is 2. The van der Waals surface area contributed by atoms with Gasteiger partial charge in [0.1, 0.15) is 18.0 Å². The quantitative estimate of drug-likeness (QED) is 0.381. The molecule has 8 nitrogen and oxygen atoms in total. The summed E-state index contributed by atoms with van der Waals surface area (Å²) in [5.74, 6) is -2.74. The van der Waals surface area contributed by atoms with Crippen LogP contribution in [0.4, 0.5) is 0 Å². The third-order valence-electron chi connectivity index (χ3n) is 8.02. The van der Waals surface area contributed by atoms with Crippen molar-refractivity contribution in [2.24, 2.45) is 17.3 Å². The molecule has 1 saturated heterocycles. The van der Waals surface area contributed by atoms with Crippen LogP contribution in [0.3, 0.4) is 0 Å². The second-order valence-electron chi connectivity index (χ2n) is 12.2. The zero-order chi connectivity index (χ0) is 29.3. The van der Waals surface area contributed by atoms with Crippen LogP contribution in [0.15, 0.2) is 22.6 Å². The molecule has 2 aliphatic rings. The number of carbonyl (C=O) groups excluding carboxylic acids is 2. The van der Waals surface area contributed by atoms with Crippen LogP contribution in [0, 0.1) is 24.2 Å². The Balaban J connectivity index is 2.00. The Morgan fingerprint density at radius 3 is 2.41 bits per heavy atom. The largest absolute Gasteiger partial charge is 0.457 e. The smallest absolute Gasteiger partial charge is 0.309 e. The average Bonchev–Trinajstić information content (AvgIpc) is 3.39. The van der Waals surface area contributed by atoms with Crippen molar-refractivity contribution >= 4 is 29.2 Å². The molecular weight excluding hydrogens is 518 g/mol. The summed E-state index contributed by atoms with van der Waals surface area (Å²) in [6.45, 7) is 16.3. The molecule has 0 saturated carbocycles. The van der Waals surface area contributed by atoms with Crippen LogP contribution in [-0.2, 0) is 23.8 Å². The van der Waals surface area contributed by atoms with Crippen LogP contribution in [0.2, 0.25) is 0 Å². The van der Waals surface area contributed by atoms with Crippen LogP contribution in [-0.4, -0.2) is 63.3 Å². The zero-order valence-electron chi connectivity index (χ0n) is 24.7. The number of Topliss-reactive ketones (excluding diaryl/α,β-unsaturated/α-hetero) is 1. The molecule has 0 amide bonds. The first-order valence-electron chi connectivity index (χ1n) is 13.7. The van der Waals surface area contributed by atoms with E-state index in [1.54, 1.807) is 32.1 Å². The number of carbonyl (C=O) groups is 2. The number of rotatable bonds is 2. The lowest BCUT2D eigenvalue weighted by Gasteiger charge is -2.35. The highest BCUT2D eigenvalue weighted by molar-refractivity contribution is 7.09. The maximum Gasteiger partial charge on any atom is 0.309 e. The van der Waals surface area contributed by atoms with E-state index in [9.17, 15) is 19.8 Å². The monoisotopic (exact) mass is 563 g/mol. The van der Waals surface area contributed by atoms with Crippen molar-refractivity contribution < 1.29 is 34.0 Å². The molecule has 0 bridgehead atoms. The molecule has 2 aliphatic heterocycles. The van der Waals surface area contributed by atoms with Crippen LogP contribution in [0.5, 0.6) is 0 Å². The highest BCUT2D eigenvalue weighted by Crippen LogP contribution is 2.38. The van der Waals surface area contributed by atoms with Crippen LogP contribution in [0.25, 0.3) is 6.08 Å². The van der Waals surface area contributed by atoms with Gasteiger partial charge < -0.3 is 24.4 Å². The van der Waals surface area contributed by atoms with Crippen LogP contribution >= 0.6 is 11.3 Å². The number of aromatic nitrogens is 1. The molecule has 218 valence electrons. The summed E-state index contributed by atoms with van der Waals surface area (Å²) in [6, 6.07) is 0. The summed E-state index contributed by atoms with van der Waals surface area (Å²) < 4.78 is 18.4. The third-order valence-corrected chi connectivity index (χ3v) is 8.81. The lowest BCUT2D eigenvalue weighted by atomic mass is 9.72. The topological polar surface area (TPSA) is 115 Å². The molecule has 0 radical (unpaired) electrons. The summed E-state index contributed by atoms with van der Waals surface area (Å²) in [4.78, 5) is 31.0. The minimum Gasteiger partial charge on any atom is -0.457 e. The number of hydrogen-bond donors (Lipinski definition) is 2. The molecule has 7 atom stereocenters. The first-order chi connectivity index (χ1) is 18.0. The number of aliphatic hydroxyl groups is 2. The molecule has 3 heterocycles. The van der Waals surface area contributed by atoms with E-state index in [1.165, 1.54) is 0 Å². The number of esters is 1. The molecule has 0 spiro atoms. The lowest BCUT2D eigenvalue weighted by Crippen LogP contribution is -2.46. The highest BCUT2D eigenvalue weighted by atomic mass is 32.1. The molecule has 0 aromatic carbocycles. The van der Waals surface area contributed by atoms with E-state index in [4.69, 9.17) is 14.2 Å². The molecule has 2 unspecified atom stereocenters. The van der Waals surface area contributed by atoms with Gasteiger partial charge in [-0.15, -0.1) is 11.3 Å². The van der Waals surface area contributed by atoms with Gasteiger partial charge in [-0.1, -0.05) is 33.8 Å². The van der Waals surface area contributed by atoms with Gasteiger partial charge in [0.15, 0.2) is 5.79 Å². The molecule has 0 aliphatic carbocycles. The van der Waals surface area contributed by atoms with Crippen molar-refractivity contribution in [1.29, 1.82) is 0 Å². The molecule has 39 heavy (non-hydrogen) atoms. The van der Waals surface area contributed by atoms with Gasteiger partial charge in [0.25, 0.3) is 0 Å². The second-order valence-corrected chi connectivity index (χ2v) is 13.3. The Labute approximate surface area is 236 Å². The first kappa shape index (κ1) is 31.6. The Morgan fingerprint density at radius 1 is 1.13 bits per heavy atom. The SMILES string of the molecule is CC1=CC[C@@H](C(C)=Cc2csc(C)n2)OC(=O)C[C@H](O)C(C)(C)C(=O)[C@H](C)[C@@H](O)[C@@H](C)CC2OC(C)(C)OC12. The second kappa shape index (κ2) is 12.3. The van der Waals surface area contributed by atoms with E-state index in [0.29, 0.717) is 12.8 Å². The van der Waals surface area contributed by atoms with Crippen LogP contribution in [0.1, 0.15) is 85.4 Å². The van der Waals surface area contributed by atoms with Gasteiger partial charge in [-0.3, -0.25) is 9.59 Å². The third kappa shape index (κ3) is 7.64. The number of fused-ring (bicyclic) bond motifs is 1. The number of nitrogens with zero attached hydrogens (tertiary/aromatic N) is 1. The molecule has 2 N–H and O–H groups in total. The fourth-order valence-corrected chi connectivity index (χ4v) is 6.00. The van der Waals surface area contributed by atoms with E-state index in [2.05, 4.69) is 4.98 Å². The van der Waals surface area contributed by atoms with E-state index in [1.807, 2.05) is 59.1 Å². The van der Waals surface area contributed by atoms with Gasteiger partial charge in [-0.2, -0.15) is 0 Å². The van der Waals surface area contributed by atoms with Gasteiger partial charge in [0, 0.05) is 17.7 Å². The normalized spacial score (nSPS) is 34.8. The molecule has 1 fully saturated rings. The number of aryl methyl sites for hydroxylation is 1. The first-order valence-corrected chi connectivity index (χ1v) is 14.6.